The van der Waals surface area contributed by atoms with E-state index in [-0.39, 0.29) is 36.4 Å². The van der Waals surface area contributed by atoms with Gasteiger partial charge < -0.3 is 20.1 Å². The average molecular weight is 447 g/mol. The topological polar surface area (TPSA) is 104 Å². The molecular weight excluding hydrogens is 408 g/mol. The largest absolute Gasteiger partial charge is 0.458 e. The normalized spacial score (nSPS) is 42.8. The van der Waals surface area contributed by atoms with Crippen LogP contribution in [0.5, 0.6) is 0 Å². The lowest BCUT2D eigenvalue weighted by molar-refractivity contribution is -0.168. The Morgan fingerprint density at radius 1 is 1.25 bits per heavy atom. The maximum atomic E-state index is 13.3. The van der Waals surface area contributed by atoms with Crippen LogP contribution < -0.4 is 0 Å². The van der Waals surface area contributed by atoms with Gasteiger partial charge in [-0.2, -0.15) is 0 Å². The summed E-state index contributed by atoms with van der Waals surface area (Å²) in [6.45, 7) is 5.76. The third-order valence-corrected chi connectivity index (χ3v) is 9.37. The number of ketones is 1. The van der Waals surface area contributed by atoms with Crippen LogP contribution in [0.1, 0.15) is 72.1 Å². The Labute approximate surface area is 190 Å². The minimum absolute atomic E-state index is 0.0281. The highest BCUT2D eigenvalue weighted by molar-refractivity contribution is 5.91. The van der Waals surface area contributed by atoms with Crippen molar-refractivity contribution in [3.8, 4) is 0 Å². The molecule has 4 rings (SSSR count). The molecule has 0 heterocycles. The highest BCUT2D eigenvalue weighted by Gasteiger charge is 2.67. The average Bonchev–Trinajstić information content (AvgIpc) is 2.98. The number of carbonyl (C=O) groups is 2. The third-order valence-electron chi connectivity index (χ3n) is 9.37. The predicted molar refractivity (Wildman–Crippen MR) is 119 cm³/mol. The lowest BCUT2D eigenvalue weighted by Crippen LogP contribution is -2.57. The molecule has 0 saturated heterocycles. The van der Waals surface area contributed by atoms with E-state index in [1.165, 1.54) is 11.1 Å². The van der Waals surface area contributed by atoms with Crippen molar-refractivity contribution in [3.63, 3.8) is 0 Å². The highest BCUT2D eigenvalue weighted by Crippen LogP contribution is 2.67. The first-order chi connectivity index (χ1) is 15.1. The molecule has 0 aromatic rings. The van der Waals surface area contributed by atoms with Crippen molar-refractivity contribution in [2.24, 2.45) is 28.6 Å². The maximum Gasteiger partial charge on any atom is 0.306 e. The van der Waals surface area contributed by atoms with Crippen molar-refractivity contribution in [3.05, 3.63) is 23.3 Å². The zero-order valence-electron chi connectivity index (χ0n) is 19.6. The second kappa shape index (κ2) is 8.37. The molecule has 0 aliphatic heterocycles. The summed E-state index contributed by atoms with van der Waals surface area (Å²) in [6, 6.07) is 0. The van der Waals surface area contributed by atoms with Gasteiger partial charge in [-0.1, -0.05) is 44.1 Å². The molecule has 4 aliphatic carbocycles. The molecular formula is C26H38O6. The van der Waals surface area contributed by atoms with Crippen LogP contribution in [0.3, 0.4) is 0 Å². The highest BCUT2D eigenvalue weighted by atomic mass is 16.5. The van der Waals surface area contributed by atoms with E-state index in [0.717, 1.165) is 32.1 Å². The number of hydrogen-bond acceptors (Lipinski definition) is 6. The van der Waals surface area contributed by atoms with E-state index in [4.69, 9.17) is 9.84 Å². The van der Waals surface area contributed by atoms with Crippen molar-refractivity contribution < 1.29 is 29.6 Å². The first-order valence-corrected chi connectivity index (χ1v) is 12.2. The van der Waals surface area contributed by atoms with Gasteiger partial charge in [0.1, 0.15) is 5.60 Å². The molecule has 178 valence electrons. The van der Waals surface area contributed by atoms with E-state index < -0.39 is 29.4 Å². The number of esters is 1. The molecule has 6 heteroatoms. The van der Waals surface area contributed by atoms with Crippen LogP contribution in [0.15, 0.2) is 23.3 Å². The molecule has 32 heavy (non-hydrogen) atoms. The van der Waals surface area contributed by atoms with Crippen LogP contribution in [0.2, 0.25) is 0 Å². The van der Waals surface area contributed by atoms with Gasteiger partial charge >= 0.3 is 5.97 Å². The van der Waals surface area contributed by atoms with E-state index in [1.54, 1.807) is 0 Å². The van der Waals surface area contributed by atoms with Gasteiger partial charge in [-0.3, -0.25) is 9.59 Å². The van der Waals surface area contributed by atoms with Gasteiger partial charge in [0.15, 0.2) is 6.61 Å². The third kappa shape index (κ3) is 3.41. The van der Waals surface area contributed by atoms with Crippen molar-refractivity contribution in [2.45, 2.75) is 83.8 Å². The summed E-state index contributed by atoms with van der Waals surface area (Å²) < 4.78 is 5.15. The fourth-order valence-corrected chi connectivity index (χ4v) is 7.50. The van der Waals surface area contributed by atoms with Crippen LogP contribution in [-0.2, 0) is 14.3 Å². The van der Waals surface area contributed by atoms with E-state index in [1.807, 2.05) is 13.8 Å². The molecule has 0 aromatic heterocycles. The van der Waals surface area contributed by atoms with Crippen LogP contribution in [-0.4, -0.2) is 52.0 Å². The Morgan fingerprint density at radius 2 is 2.00 bits per heavy atom. The van der Waals surface area contributed by atoms with E-state index >= 15 is 0 Å². The standard InChI is InChI=1S/C26H38O6/c1-16-13-21-19-7-6-17-14-18(28)8-10-24(17,2)20(19)9-11-25(21,3)26(16,31)22(29)15-32-23(30)5-4-12-27/h9,14,16,18-19,21,27-28,31H,4-8,10-13,15H2,1-3H3/t16-,18?,19?,21?,24-,25-,26-/m0/s1. The minimum Gasteiger partial charge on any atom is -0.458 e. The lowest BCUT2D eigenvalue weighted by Gasteiger charge is -2.55. The van der Waals surface area contributed by atoms with Gasteiger partial charge in [0, 0.05) is 23.9 Å². The van der Waals surface area contributed by atoms with Crippen LogP contribution in [0, 0.1) is 28.6 Å². The number of aliphatic hydroxyl groups excluding tert-OH is 2. The summed E-state index contributed by atoms with van der Waals surface area (Å²) >= 11 is 0. The second-order valence-electron chi connectivity index (χ2n) is 11.0. The molecule has 0 bridgehead atoms. The number of aliphatic hydroxyl groups is 3. The number of carbonyl (C=O) groups excluding carboxylic acids is 2. The first kappa shape index (κ1) is 23.7. The zero-order chi connectivity index (χ0) is 23.3. The molecule has 2 fully saturated rings. The summed E-state index contributed by atoms with van der Waals surface area (Å²) in [6.07, 6.45) is 9.38. The van der Waals surface area contributed by atoms with Gasteiger partial charge in [0.2, 0.25) is 5.78 Å². The molecule has 0 aromatic carbocycles. The summed E-state index contributed by atoms with van der Waals surface area (Å²) in [7, 11) is 0. The summed E-state index contributed by atoms with van der Waals surface area (Å²) in [5, 5.41) is 30.8. The van der Waals surface area contributed by atoms with Gasteiger partial charge in [-0.15, -0.1) is 0 Å². The molecule has 0 amide bonds. The Morgan fingerprint density at radius 3 is 2.72 bits per heavy atom. The monoisotopic (exact) mass is 446 g/mol. The summed E-state index contributed by atoms with van der Waals surface area (Å²) in [4.78, 5) is 25.1. The molecule has 0 spiro atoms. The van der Waals surface area contributed by atoms with E-state index in [9.17, 15) is 19.8 Å². The molecule has 0 radical (unpaired) electrons. The van der Waals surface area contributed by atoms with E-state index in [2.05, 4.69) is 19.1 Å². The summed E-state index contributed by atoms with van der Waals surface area (Å²) in [5.74, 6) is -0.628. The van der Waals surface area contributed by atoms with Gasteiger partial charge in [0.25, 0.3) is 0 Å². The fraction of sp³-hybridized carbons (Fsp3) is 0.769. The molecule has 4 aliphatic rings. The van der Waals surface area contributed by atoms with E-state index in [0.29, 0.717) is 18.8 Å². The second-order valence-corrected chi connectivity index (χ2v) is 11.0. The number of Topliss-reactive ketones (excluding diaryl/α,β-unsaturated/α-hetero) is 1. The number of ether oxygens (including phenoxy) is 1. The Balaban J connectivity index is 1.59. The van der Waals surface area contributed by atoms with Gasteiger partial charge in [0.05, 0.1) is 6.10 Å². The van der Waals surface area contributed by atoms with Crippen LogP contribution in [0.25, 0.3) is 0 Å². The summed E-state index contributed by atoms with van der Waals surface area (Å²) in [5.41, 5.74) is 0.621. The number of allylic oxidation sites excluding steroid dienone is 3. The van der Waals surface area contributed by atoms with Gasteiger partial charge in [-0.05, 0) is 62.7 Å². The maximum absolute atomic E-state index is 13.3. The number of hydrogen-bond donors (Lipinski definition) is 3. The van der Waals surface area contributed by atoms with Crippen molar-refractivity contribution in [1.82, 2.24) is 0 Å². The molecule has 3 N–H and O–H groups in total. The Kier molecular flexibility index (Phi) is 6.19. The van der Waals surface area contributed by atoms with Gasteiger partial charge in [-0.25, -0.2) is 0 Å². The zero-order valence-corrected chi connectivity index (χ0v) is 19.6. The quantitative estimate of drug-likeness (QED) is 0.428. The van der Waals surface area contributed by atoms with Crippen molar-refractivity contribution in [2.75, 3.05) is 13.2 Å². The SMILES string of the molecule is C[C@H]1CC2C3CCC4=CC(O)CC[C@]4(C)C3=CC[C@]2(C)[C@@]1(O)C(=O)COC(=O)CCCO. The minimum atomic E-state index is -1.53. The number of fused-ring (bicyclic) bond motifs is 5. The number of rotatable bonds is 6. The van der Waals surface area contributed by atoms with Crippen molar-refractivity contribution in [1.29, 1.82) is 0 Å². The smallest absolute Gasteiger partial charge is 0.306 e. The lowest BCUT2D eigenvalue weighted by atomic mass is 9.50. The molecule has 2 saturated carbocycles. The fourth-order valence-electron chi connectivity index (χ4n) is 7.50. The van der Waals surface area contributed by atoms with Crippen LogP contribution >= 0.6 is 0 Å². The predicted octanol–water partition coefficient (Wildman–Crippen LogP) is 3.09. The Bertz CT molecular complexity index is 845. The molecule has 3 unspecified atom stereocenters. The van der Waals surface area contributed by atoms with Crippen molar-refractivity contribution >= 4 is 11.8 Å². The van der Waals surface area contributed by atoms with Crippen LogP contribution in [0.4, 0.5) is 0 Å². The first-order valence-electron chi connectivity index (χ1n) is 12.2. The molecule has 6 nitrogen and oxygen atoms in total. The Hall–Kier alpha value is -1.50. The molecule has 7 atom stereocenters.